The molecule has 3 heteroatoms. The van der Waals surface area contributed by atoms with Crippen LogP contribution in [0.4, 0.5) is 0 Å². The Bertz CT molecular complexity index is 1310. The molecule has 1 aliphatic rings. The minimum absolute atomic E-state index is 0.0201. The van der Waals surface area contributed by atoms with Crippen LogP contribution in [0.15, 0.2) is 72.8 Å². The number of rotatable bonds is 3. The zero-order chi connectivity index (χ0) is 24.5. The van der Waals surface area contributed by atoms with Crippen LogP contribution >= 0.6 is 0 Å². The number of carbonyl (C=O) groups is 1. The normalized spacial score (nSPS) is 14.4. The molecule has 0 fully saturated rings. The summed E-state index contributed by atoms with van der Waals surface area (Å²) in [5.41, 5.74) is 7.99. The fraction of sp³-hybridized carbons (Fsp3) is 0.258. The van der Waals surface area contributed by atoms with Crippen LogP contribution in [0.5, 0.6) is 0 Å². The van der Waals surface area contributed by atoms with Crippen molar-refractivity contribution < 1.29 is 9.90 Å². The monoisotopic (exact) mass is 514 g/mol. The van der Waals surface area contributed by atoms with Gasteiger partial charge in [-0.05, 0) is 0 Å². The van der Waals surface area contributed by atoms with Crippen LogP contribution in [-0.4, -0.2) is 26.0 Å². The number of benzene rings is 3. The van der Waals surface area contributed by atoms with Gasteiger partial charge in [-0.1, -0.05) is 0 Å². The van der Waals surface area contributed by atoms with Crippen LogP contribution in [0.25, 0.3) is 5.57 Å². The van der Waals surface area contributed by atoms with Crippen molar-refractivity contribution in [3.63, 3.8) is 0 Å². The maximum atomic E-state index is 11.0. The Morgan fingerprint density at radius 1 is 0.971 bits per heavy atom. The van der Waals surface area contributed by atoms with Gasteiger partial charge in [-0.25, -0.2) is 0 Å². The van der Waals surface area contributed by atoms with Crippen molar-refractivity contribution in [1.29, 1.82) is 0 Å². The molecule has 3 aromatic carbocycles. The number of carboxylic acids is 1. The Labute approximate surface area is 209 Å². The van der Waals surface area contributed by atoms with Gasteiger partial charge in [0.2, 0.25) is 0 Å². The predicted molar refractivity (Wildman–Crippen MR) is 142 cm³/mol. The number of fused-ring (bicyclic) bond motifs is 1. The van der Waals surface area contributed by atoms with Crippen molar-refractivity contribution in [2.45, 2.75) is 51.9 Å². The topological polar surface area (TPSA) is 37.3 Å². The molecule has 2 nitrogen and oxygen atoms in total. The molecule has 0 amide bonds. The third-order valence-electron chi connectivity index (χ3n) is 6.38. The van der Waals surface area contributed by atoms with Crippen LogP contribution in [0.1, 0.15) is 79.2 Å². The van der Waals surface area contributed by atoms with Crippen LogP contribution in [0, 0.1) is 10.7 Å². The molecule has 0 unspecified atom stereocenters. The standard InChI is InChI=1S/C31H30O2Se/c1-30(2,3)24-12-10-22(11-13-24)26-16-18-31(4,5)28-20-25(14-15-27(26)28)34-19-17-21-6-8-23(9-7-21)29(32)33/h6-16,20H,18H2,1-5H3,(H,32,33). The second-order valence-electron chi connectivity index (χ2n) is 10.5. The first-order valence-electron chi connectivity index (χ1n) is 11.5. The molecule has 0 bridgehead atoms. The molecule has 0 aliphatic heterocycles. The number of hydrogen-bond acceptors (Lipinski definition) is 1. The predicted octanol–water partition coefficient (Wildman–Crippen LogP) is 6.13. The van der Waals surface area contributed by atoms with Gasteiger partial charge in [0.05, 0.1) is 0 Å². The van der Waals surface area contributed by atoms with Crippen LogP contribution in [0.2, 0.25) is 0 Å². The van der Waals surface area contributed by atoms with E-state index in [1.165, 1.54) is 32.3 Å². The van der Waals surface area contributed by atoms with E-state index in [1.54, 1.807) is 24.3 Å². The van der Waals surface area contributed by atoms with Crippen molar-refractivity contribution >= 4 is 31.0 Å². The van der Waals surface area contributed by atoms with Gasteiger partial charge in [0, 0.05) is 0 Å². The van der Waals surface area contributed by atoms with E-state index in [9.17, 15) is 4.79 Å². The van der Waals surface area contributed by atoms with Gasteiger partial charge in [-0.2, -0.15) is 0 Å². The number of allylic oxidation sites excluding steroid dienone is 1. The molecule has 0 saturated heterocycles. The first-order chi connectivity index (χ1) is 16.0. The summed E-state index contributed by atoms with van der Waals surface area (Å²) in [4.78, 5) is 14.3. The van der Waals surface area contributed by atoms with E-state index in [0.29, 0.717) is 0 Å². The van der Waals surface area contributed by atoms with Gasteiger partial charge in [-0.15, -0.1) is 0 Å². The van der Waals surface area contributed by atoms with E-state index >= 15 is 0 Å². The van der Waals surface area contributed by atoms with Gasteiger partial charge in [0.1, 0.15) is 0 Å². The summed E-state index contributed by atoms with van der Waals surface area (Å²) in [6.07, 6.45) is 3.40. The molecule has 34 heavy (non-hydrogen) atoms. The summed E-state index contributed by atoms with van der Waals surface area (Å²) in [7, 11) is 0. The van der Waals surface area contributed by atoms with Crippen molar-refractivity contribution in [3.05, 3.63) is 106 Å². The third kappa shape index (κ3) is 5.20. The van der Waals surface area contributed by atoms with Crippen molar-refractivity contribution in [2.75, 3.05) is 0 Å². The summed E-state index contributed by atoms with van der Waals surface area (Å²) >= 11 is 0.0201. The fourth-order valence-electron chi connectivity index (χ4n) is 4.22. The number of aromatic carboxylic acids is 1. The Hall–Kier alpha value is -3.05. The zero-order valence-electron chi connectivity index (χ0n) is 20.4. The van der Waals surface area contributed by atoms with Gasteiger partial charge in [0.25, 0.3) is 0 Å². The molecule has 0 aromatic heterocycles. The summed E-state index contributed by atoms with van der Waals surface area (Å²) in [5, 5.41) is 9.04. The van der Waals surface area contributed by atoms with Crippen LogP contribution < -0.4 is 4.46 Å². The van der Waals surface area contributed by atoms with Crippen molar-refractivity contribution in [1.82, 2.24) is 0 Å². The molecule has 0 heterocycles. The molecule has 0 radical (unpaired) electrons. The molecule has 0 atom stereocenters. The third-order valence-corrected chi connectivity index (χ3v) is 7.84. The number of hydrogen-bond donors (Lipinski definition) is 1. The van der Waals surface area contributed by atoms with Gasteiger partial charge in [0.15, 0.2) is 0 Å². The average Bonchev–Trinajstić information content (AvgIpc) is 2.79. The van der Waals surface area contributed by atoms with Gasteiger partial charge >= 0.3 is 210 Å². The molecule has 0 spiro atoms. The first-order valence-corrected chi connectivity index (χ1v) is 13.2. The quantitative estimate of drug-likeness (QED) is 0.338. The Morgan fingerprint density at radius 3 is 2.26 bits per heavy atom. The molecule has 0 saturated carbocycles. The van der Waals surface area contributed by atoms with E-state index in [4.69, 9.17) is 5.11 Å². The summed E-state index contributed by atoms with van der Waals surface area (Å²) in [6.45, 7) is 11.4. The van der Waals surface area contributed by atoms with E-state index < -0.39 is 5.97 Å². The maximum absolute atomic E-state index is 11.0. The molecule has 1 aliphatic carbocycles. The summed E-state index contributed by atoms with van der Waals surface area (Å²) in [6, 6.07) is 22.6. The molecule has 4 rings (SSSR count). The molecule has 1 N–H and O–H groups in total. The molecule has 3 aromatic rings. The van der Waals surface area contributed by atoms with Crippen LogP contribution in [-0.2, 0) is 10.8 Å². The van der Waals surface area contributed by atoms with Gasteiger partial charge < -0.3 is 0 Å². The molecule has 172 valence electrons. The second-order valence-corrected chi connectivity index (χ2v) is 12.3. The van der Waals surface area contributed by atoms with Crippen molar-refractivity contribution in [3.8, 4) is 10.7 Å². The van der Waals surface area contributed by atoms with E-state index in [2.05, 4.69) is 93.9 Å². The van der Waals surface area contributed by atoms with E-state index in [1.807, 2.05) is 0 Å². The van der Waals surface area contributed by atoms with Crippen molar-refractivity contribution in [2.24, 2.45) is 0 Å². The van der Waals surface area contributed by atoms with E-state index in [0.717, 1.165) is 12.0 Å². The Kier molecular flexibility index (Phi) is 6.59. The van der Waals surface area contributed by atoms with Gasteiger partial charge in [-0.3, -0.25) is 0 Å². The Balaban J connectivity index is 1.59. The summed E-state index contributed by atoms with van der Waals surface area (Å²) in [5.74, 6) is 2.27. The number of carboxylic acid groups (broad SMARTS) is 1. The van der Waals surface area contributed by atoms with E-state index in [-0.39, 0.29) is 31.4 Å². The summed E-state index contributed by atoms with van der Waals surface area (Å²) < 4.78 is 1.26. The van der Waals surface area contributed by atoms with Crippen LogP contribution in [0.3, 0.4) is 0 Å². The molecular formula is C31H30O2Se. The molecular weight excluding hydrogens is 483 g/mol. The second kappa shape index (κ2) is 9.30. The SMILES string of the molecule is CC(C)(C)c1ccc(C2=CCC(C)(C)c3cc([Se]C#Cc4ccc(C(=O)O)cc4)ccc32)cc1. The zero-order valence-corrected chi connectivity index (χ0v) is 22.1. The minimum atomic E-state index is -0.918. The average molecular weight is 514 g/mol. The fourth-order valence-corrected chi connectivity index (χ4v) is 5.48. The first kappa shape index (κ1) is 24.1. The Morgan fingerprint density at radius 2 is 1.65 bits per heavy atom.